The molecule has 32 heavy (non-hydrogen) atoms. The van der Waals surface area contributed by atoms with Gasteiger partial charge in [-0.25, -0.2) is 9.07 Å². The first-order chi connectivity index (χ1) is 15.5. The maximum Gasteiger partial charge on any atom is 0.271 e. The Bertz CT molecular complexity index is 1120. The van der Waals surface area contributed by atoms with E-state index in [0.29, 0.717) is 29.9 Å². The number of benzene rings is 2. The van der Waals surface area contributed by atoms with Crippen molar-refractivity contribution in [3.8, 4) is 5.69 Å². The summed E-state index contributed by atoms with van der Waals surface area (Å²) in [7, 11) is 0. The van der Waals surface area contributed by atoms with Crippen LogP contribution in [0.2, 0.25) is 0 Å². The first-order valence-corrected chi connectivity index (χ1v) is 11.2. The summed E-state index contributed by atoms with van der Waals surface area (Å²) in [5, 5.41) is 6.22. The fourth-order valence-corrected chi connectivity index (χ4v) is 4.25. The van der Waals surface area contributed by atoms with E-state index in [2.05, 4.69) is 22.2 Å². The van der Waals surface area contributed by atoms with E-state index < -0.39 is 0 Å². The number of aromatic nitrogens is 2. The zero-order chi connectivity index (χ0) is 22.5. The maximum absolute atomic E-state index is 14.0. The fraction of sp³-hybridized carbons (Fsp3) is 0.360. The van der Waals surface area contributed by atoms with Crippen LogP contribution < -0.4 is 10.9 Å². The van der Waals surface area contributed by atoms with Crippen molar-refractivity contribution in [3.63, 3.8) is 0 Å². The molecule has 1 aliphatic rings. The van der Waals surface area contributed by atoms with Crippen molar-refractivity contribution < 1.29 is 9.18 Å². The van der Waals surface area contributed by atoms with E-state index in [9.17, 15) is 14.0 Å². The van der Waals surface area contributed by atoms with E-state index in [4.69, 9.17) is 0 Å². The van der Waals surface area contributed by atoms with Crippen LogP contribution in [0, 0.1) is 5.82 Å². The molecule has 1 aliphatic heterocycles. The highest BCUT2D eigenvalue weighted by Gasteiger charge is 2.22. The normalized spacial score (nSPS) is 16.8. The maximum atomic E-state index is 14.0. The zero-order valence-corrected chi connectivity index (χ0v) is 18.3. The third-order valence-corrected chi connectivity index (χ3v) is 5.87. The number of amides is 1. The Morgan fingerprint density at radius 3 is 2.72 bits per heavy atom. The minimum Gasteiger partial charge on any atom is -0.348 e. The number of carbonyl (C=O) groups excluding carboxylic acids is 1. The molecule has 2 heterocycles. The van der Waals surface area contributed by atoms with Gasteiger partial charge in [0.1, 0.15) is 5.82 Å². The molecule has 7 heteroatoms. The molecule has 3 aromatic rings. The molecule has 4 rings (SSSR count). The van der Waals surface area contributed by atoms with Crippen LogP contribution in [0.4, 0.5) is 4.39 Å². The molecule has 1 atom stereocenters. The second kappa shape index (κ2) is 9.96. The monoisotopic (exact) mass is 436 g/mol. The minimum absolute atomic E-state index is 0.0188. The topological polar surface area (TPSA) is 70.1 Å². The van der Waals surface area contributed by atoms with Crippen molar-refractivity contribution in [2.45, 2.75) is 45.2 Å². The summed E-state index contributed by atoms with van der Waals surface area (Å²) < 4.78 is 15.5. The summed E-state index contributed by atoms with van der Waals surface area (Å²) in [6, 6.07) is 15.5. The first-order valence-electron chi connectivity index (χ1n) is 11.2. The Morgan fingerprint density at radius 1 is 1.19 bits per heavy atom. The minimum atomic E-state index is -0.193. The van der Waals surface area contributed by atoms with E-state index >= 15 is 0 Å². The van der Waals surface area contributed by atoms with E-state index in [-0.39, 0.29) is 23.3 Å². The lowest BCUT2D eigenvalue weighted by atomic mass is 10.0. The number of H-pyrrole nitrogens is 1. The third kappa shape index (κ3) is 5.16. The molecule has 2 N–H and O–H groups in total. The Kier molecular flexibility index (Phi) is 6.85. The number of hydrogen-bond donors (Lipinski definition) is 2. The molecule has 0 bridgehead atoms. The number of carbonyl (C=O) groups is 1. The summed E-state index contributed by atoms with van der Waals surface area (Å²) in [5.41, 5.74) is 2.71. The number of aryl methyl sites for hydroxylation is 1. The fourth-order valence-electron chi connectivity index (χ4n) is 4.25. The van der Waals surface area contributed by atoms with Gasteiger partial charge in [-0.2, -0.15) is 0 Å². The van der Waals surface area contributed by atoms with Crippen molar-refractivity contribution in [1.82, 2.24) is 20.0 Å². The van der Waals surface area contributed by atoms with Crippen LogP contribution in [0.15, 0.2) is 59.4 Å². The van der Waals surface area contributed by atoms with Crippen LogP contribution in [0.25, 0.3) is 5.69 Å². The van der Waals surface area contributed by atoms with E-state index in [1.807, 2.05) is 6.07 Å². The van der Waals surface area contributed by atoms with Gasteiger partial charge in [0.25, 0.3) is 11.5 Å². The highest BCUT2D eigenvalue weighted by molar-refractivity contribution is 5.94. The molecular weight excluding hydrogens is 407 g/mol. The highest BCUT2D eigenvalue weighted by atomic mass is 19.1. The average molecular weight is 437 g/mol. The summed E-state index contributed by atoms with van der Waals surface area (Å²) in [6.45, 7) is 4.18. The zero-order valence-electron chi connectivity index (χ0n) is 18.3. The first kappa shape index (κ1) is 22.0. The van der Waals surface area contributed by atoms with Crippen LogP contribution in [-0.4, -0.2) is 39.7 Å². The number of halogens is 1. The van der Waals surface area contributed by atoms with Gasteiger partial charge in [-0.3, -0.25) is 19.6 Å². The second-order valence-corrected chi connectivity index (χ2v) is 8.39. The quantitative estimate of drug-likeness (QED) is 0.594. The molecule has 1 amide bonds. The van der Waals surface area contributed by atoms with Crippen molar-refractivity contribution >= 4 is 5.91 Å². The number of hydrogen-bond acceptors (Lipinski definition) is 3. The predicted octanol–water partition coefficient (Wildman–Crippen LogP) is 3.65. The summed E-state index contributed by atoms with van der Waals surface area (Å²) in [4.78, 5) is 27.2. The van der Waals surface area contributed by atoms with Gasteiger partial charge in [0.2, 0.25) is 0 Å². The van der Waals surface area contributed by atoms with Crippen LogP contribution in [-0.2, 0) is 13.0 Å². The number of rotatable bonds is 7. The lowest BCUT2D eigenvalue weighted by Crippen LogP contribution is -2.47. The molecule has 0 saturated carbocycles. The summed E-state index contributed by atoms with van der Waals surface area (Å²) in [5.74, 6) is -0.332. The van der Waals surface area contributed by atoms with Crippen molar-refractivity contribution in [2.75, 3.05) is 13.1 Å². The molecule has 0 radical (unpaired) electrons. The lowest BCUT2D eigenvalue weighted by Gasteiger charge is -2.33. The Labute approximate surface area is 187 Å². The molecule has 6 nitrogen and oxygen atoms in total. The second-order valence-electron chi connectivity index (χ2n) is 8.39. The van der Waals surface area contributed by atoms with Crippen molar-refractivity contribution in [2.24, 2.45) is 0 Å². The van der Waals surface area contributed by atoms with Gasteiger partial charge in [-0.15, -0.1) is 0 Å². The van der Waals surface area contributed by atoms with Gasteiger partial charge in [-0.1, -0.05) is 31.5 Å². The third-order valence-electron chi connectivity index (χ3n) is 5.87. The van der Waals surface area contributed by atoms with Gasteiger partial charge in [0.15, 0.2) is 0 Å². The number of nitrogens with one attached hydrogen (secondary N) is 2. The average Bonchev–Trinajstić information content (AvgIpc) is 3.16. The molecule has 168 valence electrons. The molecule has 1 fully saturated rings. The van der Waals surface area contributed by atoms with E-state index in [0.717, 1.165) is 37.9 Å². The molecule has 1 saturated heterocycles. The SMILES string of the molecule is CCCc1cc(=O)n(-c2ccc(C(=O)N[C@H]3CCCN(Cc4ccccc4F)C3)cc2)[nH]1. The Balaban J connectivity index is 1.37. The van der Waals surface area contributed by atoms with Crippen LogP contribution >= 0.6 is 0 Å². The highest BCUT2D eigenvalue weighted by Crippen LogP contribution is 2.16. The molecule has 0 spiro atoms. The van der Waals surface area contributed by atoms with Gasteiger partial charge >= 0.3 is 0 Å². The Morgan fingerprint density at radius 2 is 1.97 bits per heavy atom. The van der Waals surface area contributed by atoms with Crippen LogP contribution in [0.5, 0.6) is 0 Å². The molecule has 2 aromatic carbocycles. The molecule has 0 unspecified atom stereocenters. The standard InChI is InChI=1S/C25H29FN4O2/c1-2-6-20-15-24(31)30(28-20)22-12-10-18(11-13-22)25(32)27-21-8-5-14-29(17-21)16-19-7-3-4-9-23(19)26/h3-4,7,9-13,15,21,28H,2,5-6,8,14,16-17H2,1H3,(H,27,32)/t21-/m0/s1. The van der Waals surface area contributed by atoms with E-state index in [1.165, 1.54) is 10.7 Å². The van der Waals surface area contributed by atoms with Gasteiger partial charge < -0.3 is 5.32 Å². The smallest absolute Gasteiger partial charge is 0.271 e. The number of nitrogens with zero attached hydrogens (tertiary/aromatic N) is 2. The number of likely N-dealkylation sites (tertiary alicyclic amines) is 1. The van der Waals surface area contributed by atoms with Crippen molar-refractivity contribution in [1.29, 1.82) is 0 Å². The van der Waals surface area contributed by atoms with Gasteiger partial charge in [0, 0.05) is 42.0 Å². The molecule has 0 aliphatic carbocycles. The molecule has 1 aromatic heterocycles. The molecular formula is C25H29FN4O2. The lowest BCUT2D eigenvalue weighted by molar-refractivity contribution is 0.0900. The number of piperidine rings is 1. The van der Waals surface area contributed by atoms with E-state index in [1.54, 1.807) is 42.5 Å². The van der Waals surface area contributed by atoms with Gasteiger partial charge in [-0.05, 0) is 56.1 Å². The number of aromatic amines is 1. The summed E-state index contributed by atoms with van der Waals surface area (Å²) >= 11 is 0. The Hall–Kier alpha value is -3.19. The predicted molar refractivity (Wildman–Crippen MR) is 123 cm³/mol. The van der Waals surface area contributed by atoms with Crippen LogP contribution in [0.3, 0.4) is 0 Å². The van der Waals surface area contributed by atoms with Crippen molar-refractivity contribution in [3.05, 3.63) is 87.6 Å². The van der Waals surface area contributed by atoms with Gasteiger partial charge in [0.05, 0.1) is 5.69 Å². The largest absolute Gasteiger partial charge is 0.348 e. The van der Waals surface area contributed by atoms with Crippen LogP contribution in [0.1, 0.15) is 47.8 Å². The summed E-state index contributed by atoms with van der Waals surface area (Å²) in [6.07, 6.45) is 3.62.